The Hall–Kier alpha value is -13.4. The van der Waals surface area contributed by atoms with E-state index in [9.17, 15) is 49.2 Å². The van der Waals surface area contributed by atoms with Gasteiger partial charge < -0.3 is 86.6 Å². The van der Waals surface area contributed by atoms with Crippen LogP contribution in [-0.4, -0.2) is 210 Å². The number of hydrogen-bond donors (Lipinski definition) is 8. The van der Waals surface area contributed by atoms with Gasteiger partial charge in [-0.05, 0) is 116 Å². The minimum atomic E-state index is -0.760. The number of rotatable bonds is 36. The van der Waals surface area contributed by atoms with E-state index in [2.05, 4.69) is 66.8 Å². The molecule has 33 nitrogen and oxygen atoms in total. The Balaban J connectivity index is 0.000000194. The molecular weight excluding hydrogens is 1710 g/mol. The van der Waals surface area contributed by atoms with Gasteiger partial charge in [0.2, 0.25) is 5.91 Å². The van der Waals surface area contributed by atoms with Crippen molar-refractivity contribution in [2.75, 3.05) is 113 Å². The number of carbonyl (C=O) groups is 6. The predicted molar refractivity (Wildman–Crippen MR) is 489 cm³/mol. The molecule has 8 aromatic carbocycles. The fraction of sp³-hybridized carbons (Fsp3) is 0.370. The number of methoxy groups -OCH3 is 2. The smallest absolute Gasteiger partial charge is 0.361 e. The molecule has 3 saturated heterocycles. The number of hydrogen-bond acceptors (Lipinski definition) is 32. The normalized spacial score (nSPS) is 13.5. The van der Waals surface area contributed by atoms with Gasteiger partial charge in [0.25, 0.3) is 0 Å². The van der Waals surface area contributed by atoms with Gasteiger partial charge in [-0.15, -0.1) is 0 Å². The molecule has 0 unspecified atom stereocenters. The van der Waals surface area contributed by atoms with E-state index in [1.807, 2.05) is 161 Å². The Bertz CT molecular complexity index is 5410. The number of esters is 5. The number of phenols is 4. The van der Waals surface area contributed by atoms with Crippen LogP contribution in [0.5, 0.6) is 34.5 Å². The lowest BCUT2D eigenvalue weighted by atomic mass is 9.93. The van der Waals surface area contributed by atoms with Crippen molar-refractivity contribution >= 4 is 35.8 Å². The highest BCUT2D eigenvalue weighted by Crippen LogP contribution is 2.48. The van der Waals surface area contributed by atoms with Gasteiger partial charge in [-0.25, -0.2) is 25.8 Å². The maximum Gasteiger partial charge on any atom is 0.361 e. The highest BCUT2D eigenvalue weighted by molar-refractivity contribution is 6.02. The molecule has 706 valence electrons. The van der Waals surface area contributed by atoms with Crippen LogP contribution in [0.3, 0.4) is 0 Å². The lowest BCUT2D eigenvalue weighted by Gasteiger charge is -2.26. The van der Waals surface area contributed by atoms with Crippen LogP contribution in [0, 0.1) is 0 Å². The highest BCUT2D eigenvalue weighted by Gasteiger charge is 2.34. The van der Waals surface area contributed by atoms with Crippen LogP contribution in [0.2, 0.25) is 0 Å². The lowest BCUT2D eigenvalue weighted by Crippen LogP contribution is -2.35. The molecule has 3 aliphatic heterocycles. The number of nitrogens with two attached hydrogens (primary N) is 1. The Morgan fingerprint density at radius 3 is 1.03 bits per heavy atom. The van der Waals surface area contributed by atoms with E-state index in [0.29, 0.717) is 120 Å². The predicted octanol–water partition coefficient (Wildman–Crippen LogP) is 15.9. The molecule has 1 amide bonds. The van der Waals surface area contributed by atoms with Crippen LogP contribution in [0.25, 0.3) is 67.4 Å². The molecule has 0 spiro atoms. The summed E-state index contributed by atoms with van der Waals surface area (Å²) in [6, 6.07) is 53.0. The van der Waals surface area contributed by atoms with E-state index in [0.717, 1.165) is 111 Å². The van der Waals surface area contributed by atoms with Gasteiger partial charge in [0.1, 0.15) is 47.7 Å². The molecule has 0 saturated carbocycles. The zero-order chi connectivity index (χ0) is 94.9. The monoisotopic (exact) mass is 1830 g/mol. The molecule has 133 heavy (non-hydrogen) atoms. The van der Waals surface area contributed by atoms with Crippen molar-refractivity contribution in [1.29, 1.82) is 0 Å². The van der Waals surface area contributed by atoms with E-state index in [1.165, 1.54) is 31.8 Å². The summed E-state index contributed by atoms with van der Waals surface area (Å²) in [6.07, 6.45) is 1.03. The molecule has 3 aromatic heterocycles. The molecule has 11 aromatic rings. The van der Waals surface area contributed by atoms with Crippen LogP contribution in [0.15, 0.2) is 183 Å². The number of carbonyl (C=O) groups excluding carboxylic acids is 6. The first kappa shape index (κ1) is 100. The average molecular weight is 1830 g/mol. The summed E-state index contributed by atoms with van der Waals surface area (Å²) < 4.78 is 72.4. The van der Waals surface area contributed by atoms with E-state index >= 15 is 0 Å². The number of benzene rings is 8. The van der Waals surface area contributed by atoms with Gasteiger partial charge in [0.05, 0.1) is 107 Å². The maximum absolute atomic E-state index is 13.6. The maximum atomic E-state index is 13.6. The fourth-order valence-corrected chi connectivity index (χ4v) is 15.0. The minimum absolute atomic E-state index is 0.00396. The van der Waals surface area contributed by atoms with Gasteiger partial charge >= 0.3 is 29.8 Å². The number of amides is 1. The third kappa shape index (κ3) is 27.9. The van der Waals surface area contributed by atoms with Gasteiger partial charge in [0.15, 0.2) is 34.4 Å². The van der Waals surface area contributed by atoms with Crippen molar-refractivity contribution in [3.63, 3.8) is 0 Å². The summed E-state index contributed by atoms with van der Waals surface area (Å²) in [5.74, 6) is 1.39. The highest BCUT2D eigenvalue weighted by atomic mass is 16.6. The number of aromatic nitrogens is 3. The third-order valence-corrected chi connectivity index (χ3v) is 22.3. The van der Waals surface area contributed by atoms with Gasteiger partial charge in [-0.2, -0.15) is 0 Å². The number of morpholine rings is 3. The van der Waals surface area contributed by atoms with Gasteiger partial charge in [-0.3, -0.25) is 34.3 Å². The Morgan fingerprint density at radius 2 is 0.707 bits per heavy atom. The van der Waals surface area contributed by atoms with Crippen molar-refractivity contribution in [2.45, 2.75) is 131 Å². The number of nitrogens with one attached hydrogen (secondary N) is 1. The lowest BCUT2D eigenvalue weighted by molar-refractivity contribution is -0.141. The summed E-state index contributed by atoms with van der Waals surface area (Å²) in [4.78, 5) is 80.9. The molecule has 3 aliphatic rings. The summed E-state index contributed by atoms with van der Waals surface area (Å²) >= 11 is 0. The van der Waals surface area contributed by atoms with Crippen molar-refractivity contribution in [3.05, 3.63) is 231 Å². The minimum Gasteiger partial charge on any atom is -0.508 e. The Morgan fingerprint density at radius 1 is 0.391 bits per heavy atom. The zero-order valence-corrected chi connectivity index (χ0v) is 76.0. The zero-order valence-electron chi connectivity index (χ0n) is 76.0. The number of nitrogens with zero attached hydrogens (tertiary/aromatic N) is 6. The molecular formula is C100H116N8O25. The number of aromatic hydroxyl groups is 4. The average Bonchev–Trinajstić information content (AvgIpc) is 1.66. The first-order chi connectivity index (χ1) is 64.4. The first-order valence-electron chi connectivity index (χ1n) is 44.1. The van der Waals surface area contributed by atoms with E-state index in [-0.39, 0.29) is 126 Å². The first-order valence-corrected chi connectivity index (χ1v) is 44.1. The van der Waals surface area contributed by atoms with E-state index in [1.54, 1.807) is 12.1 Å². The largest absolute Gasteiger partial charge is 0.508 e. The fourth-order valence-electron chi connectivity index (χ4n) is 15.0. The quantitative estimate of drug-likeness (QED) is 0.00594. The molecule has 14 rings (SSSR count). The second-order valence-electron chi connectivity index (χ2n) is 32.6. The number of hydroxylamine groups is 1. The molecule has 9 N–H and O–H groups in total. The van der Waals surface area contributed by atoms with Crippen molar-refractivity contribution < 1.29 is 121 Å². The summed E-state index contributed by atoms with van der Waals surface area (Å²) in [5, 5.41) is 69.5. The van der Waals surface area contributed by atoms with Crippen LogP contribution in [-0.2, 0) is 85.1 Å². The van der Waals surface area contributed by atoms with Crippen LogP contribution in [0.1, 0.15) is 174 Å². The second kappa shape index (κ2) is 50.3. The van der Waals surface area contributed by atoms with Crippen molar-refractivity contribution in [3.8, 4) is 102 Å². The molecule has 33 heteroatoms. The summed E-state index contributed by atoms with van der Waals surface area (Å²) in [6.45, 7) is 24.2. The Labute approximate surface area is 771 Å². The second-order valence-corrected chi connectivity index (χ2v) is 32.6. The third-order valence-electron chi connectivity index (χ3n) is 22.3. The number of ether oxygens (including phenoxy) is 10. The van der Waals surface area contributed by atoms with Crippen LogP contribution >= 0.6 is 0 Å². The topological polar surface area (TPSA) is 442 Å². The molecule has 0 bridgehead atoms. The molecule has 6 heterocycles. The standard InChI is InChI=1S/C43H46N2O8.C29H34N2O8.C28H33N3O8.H3NO/c1-30(2)35-25-36(38(52-29-33-13-8-5-9-14-33)26-37(35)51-28-32-11-6-4-7-12-32)42-40(41(44-53-42)43(47)50-22-10-15-39(46)48-3)34-18-16-31(17-19-34)27-45-20-23-49-24-21-45;1-18(2)21-15-22(24(33)16-23(21)32)28-26(27(30-39-28)29(35)38-12-4-5-25(34)36-3)20-8-6-19(7-9-20)17-31-10-13-37-14-11-31;1-17(2)20-14-21(23(33)15-22(20)32)27-25(26(30-39-27)28(35)38-11-3-4-24(34)29-36)19-7-5-18(6-8-19)16-31-9-12-37-13-10-31;1-2/h4-9,11-14,16-19,25-26,30H,10,15,20-24,27-29H2,1-3H3;6-9,15-16,18,32-33H,4-5,10-14,17H2,1-3H3;5-8,14-15,17,32-33,36H,3-4,9-13,16H2,1-2H3,(H,29,34);2H,1H2. The van der Waals surface area contributed by atoms with E-state index < -0.39 is 29.8 Å². The number of phenolic OH excluding ortho intramolecular Hbond substituents is 4. The SMILES string of the molecule is CC(C)c1cc(-c2onc(C(=O)OCCCC(=O)NO)c2-c2ccc(CN3CCOCC3)cc2)c(O)cc1O.COC(=O)CCCOC(=O)c1noc(-c2cc(C(C)C)c(O)cc2O)c1-c1ccc(CN2CCOCC2)cc1.COC(=O)CCCOC(=O)c1noc(-c2cc(C(C)C)c(OCc3ccccc3)cc2OCc2ccccc2)c1-c1ccc(CN2CCOCC2)cc1.NO. The van der Waals surface area contributed by atoms with Crippen LogP contribution < -0.4 is 20.9 Å². The van der Waals surface area contributed by atoms with Gasteiger partial charge in [0, 0.05) is 96.4 Å². The molecule has 0 radical (unpaired) electrons. The summed E-state index contributed by atoms with van der Waals surface area (Å²) in [7, 11) is 2.63. The molecule has 0 atom stereocenters. The molecule has 0 aliphatic carbocycles. The van der Waals surface area contributed by atoms with Crippen LogP contribution in [0.4, 0.5) is 0 Å². The Kier molecular flexibility index (Phi) is 37.9. The van der Waals surface area contributed by atoms with E-state index in [4.69, 9.17) is 66.6 Å². The molecule has 3 fully saturated rings. The van der Waals surface area contributed by atoms with Crippen molar-refractivity contribution in [2.24, 2.45) is 5.90 Å². The van der Waals surface area contributed by atoms with Gasteiger partial charge in [-0.1, -0.05) is 190 Å². The summed E-state index contributed by atoms with van der Waals surface area (Å²) in [5.41, 5.74) is 13.3. The van der Waals surface area contributed by atoms with Crippen molar-refractivity contribution in [1.82, 2.24) is 35.6 Å².